The number of nitrogens with zero attached hydrogens (tertiary/aromatic N) is 1. The molecule has 2 nitrogen and oxygen atoms in total. The van der Waals surface area contributed by atoms with Crippen molar-refractivity contribution in [1.29, 1.82) is 0 Å². The van der Waals surface area contributed by atoms with Crippen LogP contribution in [0.4, 0.5) is 0 Å². The van der Waals surface area contributed by atoms with Gasteiger partial charge in [0, 0.05) is 12.4 Å². The molecule has 1 unspecified atom stereocenters. The highest BCUT2D eigenvalue weighted by atomic mass is 14.9. The summed E-state index contributed by atoms with van der Waals surface area (Å²) < 4.78 is 0. The quantitative estimate of drug-likeness (QED) is 0.883. The van der Waals surface area contributed by atoms with Crippen LogP contribution in [-0.4, -0.2) is 11.5 Å². The van der Waals surface area contributed by atoms with Gasteiger partial charge in [0.2, 0.25) is 0 Å². The molecule has 1 aromatic carbocycles. The molecule has 0 aliphatic carbocycles. The molecule has 0 spiro atoms. The van der Waals surface area contributed by atoms with Crippen molar-refractivity contribution in [2.75, 3.05) is 6.54 Å². The Hall–Kier alpha value is -1.67. The fraction of sp³-hybridized carbons (Fsp3) is 0.389. The van der Waals surface area contributed by atoms with Gasteiger partial charge in [-0.3, -0.25) is 4.98 Å². The van der Waals surface area contributed by atoms with Crippen LogP contribution in [0.3, 0.4) is 0 Å². The van der Waals surface area contributed by atoms with Crippen LogP contribution in [0.1, 0.15) is 47.2 Å². The Kier molecular flexibility index (Phi) is 4.91. The van der Waals surface area contributed by atoms with Gasteiger partial charge < -0.3 is 5.32 Å². The average Bonchev–Trinajstić information content (AvgIpc) is 2.45. The highest BCUT2D eigenvalue weighted by Gasteiger charge is 2.16. The Bertz CT molecular complexity index is 561. The third kappa shape index (κ3) is 3.26. The second-order valence-corrected chi connectivity index (χ2v) is 5.47. The number of aromatic nitrogens is 1. The summed E-state index contributed by atoms with van der Waals surface area (Å²) in [5, 5.41) is 3.65. The van der Waals surface area contributed by atoms with E-state index in [4.69, 9.17) is 0 Å². The van der Waals surface area contributed by atoms with Crippen molar-refractivity contribution in [3.8, 4) is 0 Å². The van der Waals surface area contributed by atoms with Crippen LogP contribution in [0, 0.1) is 20.8 Å². The zero-order valence-electron chi connectivity index (χ0n) is 12.9. The molecule has 0 aliphatic heterocycles. The van der Waals surface area contributed by atoms with Gasteiger partial charge in [0.05, 0.1) is 6.04 Å². The fourth-order valence-corrected chi connectivity index (χ4v) is 2.54. The molecule has 0 radical (unpaired) electrons. The van der Waals surface area contributed by atoms with Crippen LogP contribution in [0.25, 0.3) is 0 Å². The SMILES string of the molecule is CCCNC(c1cccnc1)c1cc(C)c(C)cc1C. The predicted octanol–water partition coefficient (Wildman–Crippen LogP) is 4.10. The second-order valence-electron chi connectivity index (χ2n) is 5.47. The highest BCUT2D eigenvalue weighted by Crippen LogP contribution is 2.26. The van der Waals surface area contributed by atoms with E-state index < -0.39 is 0 Å². The zero-order valence-corrected chi connectivity index (χ0v) is 12.9. The van der Waals surface area contributed by atoms with E-state index in [1.54, 1.807) is 0 Å². The zero-order chi connectivity index (χ0) is 14.5. The molecule has 0 aliphatic rings. The van der Waals surface area contributed by atoms with E-state index in [-0.39, 0.29) is 6.04 Å². The third-order valence-corrected chi connectivity index (χ3v) is 3.81. The van der Waals surface area contributed by atoms with Crippen LogP contribution in [0.15, 0.2) is 36.7 Å². The summed E-state index contributed by atoms with van der Waals surface area (Å²) in [5.74, 6) is 0. The van der Waals surface area contributed by atoms with E-state index in [2.05, 4.69) is 56.2 Å². The number of hydrogen-bond donors (Lipinski definition) is 1. The lowest BCUT2D eigenvalue weighted by atomic mass is 9.92. The molecule has 2 heteroatoms. The van der Waals surface area contributed by atoms with E-state index in [0.29, 0.717) is 0 Å². The molecule has 1 aromatic heterocycles. The Morgan fingerprint density at radius 3 is 2.50 bits per heavy atom. The summed E-state index contributed by atoms with van der Waals surface area (Å²) >= 11 is 0. The van der Waals surface area contributed by atoms with E-state index in [1.165, 1.54) is 27.8 Å². The van der Waals surface area contributed by atoms with Crippen LogP contribution >= 0.6 is 0 Å². The van der Waals surface area contributed by atoms with Crippen molar-refractivity contribution in [2.45, 2.75) is 40.2 Å². The van der Waals surface area contributed by atoms with Gasteiger partial charge in [-0.05, 0) is 67.6 Å². The topological polar surface area (TPSA) is 24.9 Å². The molecule has 1 atom stereocenters. The Labute approximate surface area is 122 Å². The Morgan fingerprint density at radius 1 is 1.10 bits per heavy atom. The molecule has 0 bridgehead atoms. The highest BCUT2D eigenvalue weighted by molar-refractivity contribution is 5.41. The minimum absolute atomic E-state index is 0.225. The molecular weight excluding hydrogens is 244 g/mol. The van der Waals surface area contributed by atoms with Gasteiger partial charge in [0.15, 0.2) is 0 Å². The van der Waals surface area contributed by atoms with E-state index in [1.807, 2.05) is 18.5 Å². The number of benzene rings is 1. The first kappa shape index (κ1) is 14.7. The molecule has 106 valence electrons. The lowest BCUT2D eigenvalue weighted by Crippen LogP contribution is -2.24. The minimum atomic E-state index is 0.225. The monoisotopic (exact) mass is 268 g/mol. The predicted molar refractivity (Wildman–Crippen MR) is 85.0 cm³/mol. The molecule has 0 saturated heterocycles. The van der Waals surface area contributed by atoms with Crippen LogP contribution in [0.2, 0.25) is 0 Å². The van der Waals surface area contributed by atoms with E-state index in [9.17, 15) is 0 Å². The maximum Gasteiger partial charge on any atom is 0.0594 e. The average molecular weight is 268 g/mol. The molecule has 0 amide bonds. The summed E-state index contributed by atoms with van der Waals surface area (Å²) in [6.07, 6.45) is 4.91. The van der Waals surface area contributed by atoms with Gasteiger partial charge >= 0.3 is 0 Å². The summed E-state index contributed by atoms with van der Waals surface area (Å²) in [6.45, 7) is 9.74. The molecular formula is C18H24N2. The number of pyridine rings is 1. The first-order chi connectivity index (χ1) is 9.63. The molecule has 0 saturated carbocycles. The summed E-state index contributed by atoms with van der Waals surface area (Å²) in [5.41, 5.74) is 6.62. The Morgan fingerprint density at radius 2 is 1.85 bits per heavy atom. The standard InChI is InChI=1S/C18H24N2/c1-5-8-20-18(16-7-6-9-19-12-16)17-11-14(3)13(2)10-15(17)4/h6-7,9-12,18,20H,5,8H2,1-4H3. The number of aryl methyl sites for hydroxylation is 3. The molecule has 1 heterocycles. The minimum Gasteiger partial charge on any atom is -0.306 e. The van der Waals surface area contributed by atoms with Gasteiger partial charge in [-0.15, -0.1) is 0 Å². The first-order valence-electron chi connectivity index (χ1n) is 7.34. The van der Waals surface area contributed by atoms with Gasteiger partial charge in [-0.2, -0.15) is 0 Å². The number of nitrogens with one attached hydrogen (secondary N) is 1. The first-order valence-corrected chi connectivity index (χ1v) is 7.34. The van der Waals surface area contributed by atoms with Crippen LogP contribution < -0.4 is 5.32 Å². The maximum atomic E-state index is 4.27. The molecule has 20 heavy (non-hydrogen) atoms. The van der Waals surface area contributed by atoms with Crippen molar-refractivity contribution in [3.63, 3.8) is 0 Å². The number of hydrogen-bond acceptors (Lipinski definition) is 2. The summed E-state index contributed by atoms with van der Waals surface area (Å²) in [7, 11) is 0. The van der Waals surface area contributed by atoms with Gasteiger partial charge in [-0.1, -0.05) is 25.1 Å². The molecule has 2 aromatic rings. The number of rotatable bonds is 5. The molecule has 2 rings (SSSR count). The third-order valence-electron chi connectivity index (χ3n) is 3.81. The van der Waals surface area contributed by atoms with Crippen molar-refractivity contribution >= 4 is 0 Å². The normalized spacial score (nSPS) is 12.4. The van der Waals surface area contributed by atoms with Gasteiger partial charge in [0.25, 0.3) is 0 Å². The largest absolute Gasteiger partial charge is 0.306 e. The second kappa shape index (κ2) is 6.67. The van der Waals surface area contributed by atoms with Crippen LogP contribution in [-0.2, 0) is 0 Å². The maximum absolute atomic E-state index is 4.27. The van der Waals surface area contributed by atoms with Crippen molar-refractivity contribution < 1.29 is 0 Å². The van der Waals surface area contributed by atoms with E-state index in [0.717, 1.165) is 13.0 Å². The molecule has 0 fully saturated rings. The molecule has 1 N–H and O–H groups in total. The lowest BCUT2D eigenvalue weighted by Gasteiger charge is -2.22. The smallest absolute Gasteiger partial charge is 0.0594 e. The lowest BCUT2D eigenvalue weighted by molar-refractivity contribution is 0.594. The Balaban J connectivity index is 2.44. The summed E-state index contributed by atoms with van der Waals surface area (Å²) in [6, 6.07) is 8.97. The van der Waals surface area contributed by atoms with Crippen molar-refractivity contribution in [1.82, 2.24) is 10.3 Å². The van der Waals surface area contributed by atoms with Gasteiger partial charge in [-0.25, -0.2) is 0 Å². The van der Waals surface area contributed by atoms with Gasteiger partial charge in [0.1, 0.15) is 0 Å². The fourth-order valence-electron chi connectivity index (χ4n) is 2.54. The van der Waals surface area contributed by atoms with Crippen LogP contribution in [0.5, 0.6) is 0 Å². The van der Waals surface area contributed by atoms with Crippen molar-refractivity contribution in [3.05, 3.63) is 64.5 Å². The van der Waals surface area contributed by atoms with E-state index >= 15 is 0 Å². The van der Waals surface area contributed by atoms with Crippen molar-refractivity contribution in [2.24, 2.45) is 0 Å². The summed E-state index contributed by atoms with van der Waals surface area (Å²) in [4.78, 5) is 4.27.